The van der Waals surface area contributed by atoms with Crippen LogP contribution in [0.2, 0.25) is 0 Å². The van der Waals surface area contributed by atoms with E-state index < -0.39 is 0 Å². The van der Waals surface area contributed by atoms with Crippen molar-refractivity contribution in [2.45, 2.75) is 13.0 Å². The topological polar surface area (TPSA) is 66.0 Å². The van der Waals surface area contributed by atoms with Crippen molar-refractivity contribution in [1.29, 1.82) is 0 Å². The summed E-state index contributed by atoms with van der Waals surface area (Å²) in [5.41, 5.74) is 1.42. The highest BCUT2D eigenvalue weighted by Gasteiger charge is 2.19. The summed E-state index contributed by atoms with van der Waals surface area (Å²) in [5, 5.41) is 2.91. The van der Waals surface area contributed by atoms with E-state index >= 15 is 0 Å². The molecule has 1 amide bonds. The van der Waals surface area contributed by atoms with Gasteiger partial charge in [-0.2, -0.15) is 0 Å². The smallest absolute Gasteiger partial charge is 0.255 e. The third-order valence-electron chi connectivity index (χ3n) is 3.91. The van der Waals surface area contributed by atoms with Gasteiger partial charge in [0.2, 0.25) is 6.79 Å². The van der Waals surface area contributed by atoms with Gasteiger partial charge in [-0.3, -0.25) is 4.79 Å². The summed E-state index contributed by atoms with van der Waals surface area (Å²) < 4.78 is 21.9. The molecular formula is C18H17NO5. The number of rotatable bonds is 3. The number of para-hydroxylation sites is 1. The lowest BCUT2D eigenvalue weighted by atomic mass is 10.1. The van der Waals surface area contributed by atoms with Crippen LogP contribution in [-0.4, -0.2) is 25.9 Å². The normalized spacial score (nSPS) is 14.8. The van der Waals surface area contributed by atoms with Gasteiger partial charge in [0, 0.05) is 13.0 Å². The predicted octanol–water partition coefficient (Wildman–Crippen LogP) is 2.51. The lowest BCUT2D eigenvalue weighted by Crippen LogP contribution is -2.23. The average Bonchev–Trinajstić information content (AvgIpc) is 2.94. The molecule has 4 rings (SSSR count). The van der Waals surface area contributed by atoms with Crippen molar-refractivity contribution in [2.75, 3.05) is 20.0 Å². The maximum Gasteiger partial charge on any atom is 0.255 e. The number of carbonyl (C=O) groups excluding carboxylic acids is 1. The van der Waals surface area contributed by atoms with Crippen molar-refractivity contribution in [3.8, 4) is 23.0 Å². The van der Waals surface area contributed by atoms with Crippen molar-refractivity contribution in [1.82, 2.24) is 5.32 Å². The van der Waals surface area contributed by atoms with E-state index in [1.54, 1.807) is 12.1 Å². The lowest BCUT2D eigenvalue weighted by Gasteiger charge is -2.12. The Morgan fingerprint density at radius 3 is 2.79 bits per heavy atom. The van der Waals surface area contributed by atoms with Crippen molar-refractivity contribution >= 4 is 5.91 Å². The molecular weight excluding hydrogens is 310 g/mol. The minimum absolute atomic E-state index is 0.199. The van der Waals surface area contributed by atoms with Crippen LogP contribution < -0.4 is 24.3 Å². The second kappa shape index (κ2) is 6.31. The molecule has 0 radical (unpaired) electrons. The second-order valence-corrected chi connectivity index (χ2v) is 5.55. The molecule has 6 nitrogen and oxygen atoms in total. The Bertz CT molecular complexity index is 774. The highest BCUT2D eigenvalue weighted by Crippen LogP contribution is 2.34. The minimum Gasteiger partial charge on any atom is -0.490 e. The molecule has 0 fully saturated rings. The Morgan fingerprint density at radius 2 is 1.83 bits per heavy atom. The molecule has 2 aliphatic heterocycles. The van der Waals surface area contributed by atoms with Crippen LogP contribution in [0, 0.1) is 0 Å². The van der Waals surface area contributed by atoms with E-state index in [0.717, 1.165) is 17.7 Å². The van der Waals surface area contributed by atoms with E-state index in [4.69, 9.17) is 18.9 Å². The zero-order chi connectivity index (χ0) is 16.4. The number of hydrogen-bond acceptors (Lipinski definition) is 5. The summed E-state index contributed by atoms with van der Waals surface area (Å²) in [6.07, 6.45) is 0.799. The summed E-state index contributed by atoms with van der Waals surface area (Å²) >= 11 is 0. The number of hydrogen-bond donors (Lipinski definition) is 1. The van der Waals surface area contributed by atoms with Gasteiger partial charge in [0.1, 0.15) is 0 Å². The third-order valence-corrected chi connectivity index (χ3v) is 3.91. The van der Waals surface area contributed by atoms with Gasteiger partial charge in [0.05, 0.1) is 18.8 Å². The fraction of sp³-hybridized carbons (Fsp3) is 0.278. The number of carbonyl (C=O) groups is 1. The molecule has 1 N–H and O–H groups in total. The van der Waals surface area contributed by atoms with Crippen LogP contribution in [0.1, 0.15) is 22.3 Å². The summed E-state index contributed by atoms with van der Waals surface area (Å²) in [7, 11) is 0. The van der Waals surface area contributed by atoms with E-state index in [9.17, 15) is 4.79 Å². The van der Waals surface area contributed by atoms with Gasteiger partial charge in [0.15, 0.2) is 23.0 Å². The molecule has 2 aromatic rings. The largest absolute Gasteiger partial charge is 0.490 e. The van der Waals surface area contributed by atoms with Crippen LogP contribution in [-0.2, 0) is 6.54 Å². The van der Waals surface area contributed by atoms with Crippen molar-refractivity contribution < 1.29 is 23.7 Å². The molecule has 2 aliphatic rings. The van der Waals surface area contributed by atoms with Crippen LogP contribution in [0.3, 0.4) is 0 Å². The van der Waals surface area contributed by atoms with Crippen LogP contribution in [0.5, 0.6) is 23.0 Å². The summed E-state index contributed by atoms with van der Waals surface area (Å²) in [5.74, 6) is 2.35. The Kier molecular flexibility index (Phi) is 3.86. The first-order chi connectivity index (χ1) is 11.8. The van der Waals surface area contributed by atoms with Crippen LogP contribution in [0.15, 0.2) is 36.4 Å². The van der Waals surface area contributed by atoms with Crippen molar-refractivity contribution in [2.24, 2.45) is 0 Å². The van der Waals surface area contributed by atoms with E-state index in [2.05, 4.69) is 5.32 Å². The molecule has 0 aliphatic carbocycles. The predicted molar refractivity (Wildman–Crippen MR) is 85.8 cm³/mol. The number of ether oxygens (including phenoxy) is 4. The Hall–Kier alpha value is -2.89. The quantitative estimate of drug-likeness (QED) is 0.938. The fourth-order valence-corrected chi connectivity index (χ4v) is 2.70. The van der Waals surface area contributed by atoms with Gasteiger partial charge >= 0.3 is 0 Å². The molecule has 0 spiro atoms. The van der Waals surface area contributed by atoms with Crippen LogP contribution in [0.4, 0.5) is 0 Å². The summed E-state index contributed by atoms with van der Waals surface area (Å²) in [6.45, 7) is 1.76. The fourth-order valence-electron chi connectivity index (χ4n) is 2.70. The SMILES string of the molecule is O=C(NCc1ccc2c(c1)OCO2)c1cccc2c1OCCCO2. The zero-order valence-electron chi connectivity index (χ0n) is 13.0. The Labute approximate surface area is 139 Å². The molecule has 2 heterocycles. The van der Waals surface area contributed by atoms with Crippen LogP contribution >= 0.6 is 0 Å². The number of benzene rings is 2. The molecule has 24 heavy (non-hydrogen) atoms. The molecule has 2 aromatic carbocycles. The van der Waals surface area contributed by atoms with Gasteiger partial charge in [-0.05, 0) is 29.8 Å². The van der Waals surface area contributed by atoms with Crippen LogP contribution in [0.25, 0.3) is 0 Å². The minimum atomic E-state index is -0.199. The monoisotopic (exact) mass is 327 g/mol. The van der Waals surface area contributed by atoms with Gasteiger partial charge in [-0.1, -0.05) is 12.1 Å². The van der Waals surface area contributed by atoms with Crippen molar-refractivity contribution in [3.63, 3.8) is 0 Å². The third kappa shape index (κ3) is 2.82. The molecule has 0 aromatic heterocycles. The molecule has 0 atom stereocenters. The maximum absolute atomic E-state index is 12.5. The van der Waals surface area contributed by atoms with E-state index in [1.165, 1.54) is 0 Å². The van der Waals surface area contributed by atoms with Crippen molar-refractivity contribution in [3.05, 3.63) is 47.5 Å². The molecule has 0 saturated carbocycles. The van der Waals surface area contributed by atoms with Gasteiger partial charge < -0.3 is 24.3 Å². The lowest BCUT2D eigenvalue weighted by molar-refractivity contribution is 0.0946. The average molecular weight is 327 g/mol. The molecule has 0 bridgehead atoms. The maximum atomic E-state index is 12.5. The first-order valence-electron chi connectivity index (χ1n) is 7.86. The molecule has 124 valence electrons. The summed E-state index contributed by atoms with van der Waals surface area (Å²) in [6, 6.07) is 11.0. The molecule has 6 heteroatoms. The second-order valence-electron chi connectivity index (χ2n) is 5.55. The summed E-state index contributed by atoms with van der Waals surface area (Å²) in [4.78, 5) is 12.5. The first kappa shape index (κ1) is 14.7. The van der Waals surface area contributed by atoms with E-state index in [1.807, 2.05) is 24.3 Å². The van der Waals surface area contributed by atoms with Gasteiger partial charge in [0.25, 0.3) is 5.91 Å². The number of nitrogens with one attached hydrogen (secondary N) is 1. The molecule has 0 saturated heterocycles. The number of amides is 1. The Balaban J connectivity index is 1.49. The highest BCUT2D eigenvalue weighted by atomic mass is 16.7. The van der Waals surface area contributed by atoms with E-state index in [0.29, 0.717) is 42.6 Å². The highest BCUT2D eigenvalue weighted by molar-refractivity contribution is 5.97. The van der Waals surface area contributed by atoms with Gasteiger partial charge in [-0.25, -0.2) is 0 Å². The number of fused-ring (bicyclic) bond motifs is 2. The first-order valence-corrected chi connectivity index (χ1v) is 7.86. The van der Waals surface area contributed by atoms with Gasteiger partial charge in [-0.15, -0.1) is 0 Å². The molecule has 0 unspecified atom stereocenters. The van der Waals surface area contributed by atoms with E-state index in [-0.39, 0.29) is 12.7 Å². The Morgan fingerprint density at radius 1 is 0.958 bits per heavy atom. The standard InChI is InChI=1S/C18H17NO5/c20-18(13-3-1-4-15-17(13)22-8-2-7-21-15)19-10-12-5-6-14-16(9-12)24-11-23-14/h1,3-6,9H,2,7-8,10-11H2,(H,19,20). The zero-order valence-corrected chi connectivity index (χ0v) is 13.0.